The summed E-state index contributed by atoms with van der Waals surface area (Å²) in [6.45, 7) is 0.0725. The highest BCUT2D eigenvalue weighted by atomic mass is 16.5. The van der Waals surface area contributed by atoms with Crippen LogP contribution in [0.5, 0.6) is 5.75 Å². The molecule has 0 spiro atoms. The molecular formula is C21H19N5O2. The summed E-state index contributed by atoms with van der Waals surface area (Å²) in [7, 11) is 1.76. The van der Waals surface area contributed by atoms with Gasteiger partial charge in [0.15, 0.2) is 12.4 Å². The highest BCUT2D eigenvalue weighted by molar-refractivity contribution is 5.98. The molecule has 5 rings (SSSR count). The first-order valence-electron chi connectivity index (χ1n) is 9.30. The Kier molecular flexibility index (Phi) is 3.93. The highest BCUT2D eigenvalue weighted by Gasteiger charge is 2.24. The van der Waals surface area contributed by atoms with Crippen molar-refractivity contribution in [2.24, 2.45) is 0 Å². The van der Waals surface area contributed by atoms with Gasteiger partial charge in [0.1, 0.15) is 17.3 Å². The zero-order chi connectivity index (χ0) is 19.1. The molecule has 7 nitrogen and oxygen atoms in total. The summed E-state index contributed by atoms with van der Waals surface area (Å²) >= 11 is 0. The van der Waals surface area contributed by atoms with Crippen molar-refractivity contribution in [1.29, 1.82) is 0 Å². The predicted molar refractivity (Wildman–Crippen MR) is 106 cm³/mol. The maximum atomic E-state index is 11.9. The van der Waals surface area contributed by atoms with Crippen LogP contribution < -0.4 is 15.0 Å². The number of rotatable bonds is 3. The van der Waals surface area contributed by atoms with Crippen LogP contribution in [0, 0.1) is 0 Å². The Morgan fingerprint density at radius 1 is 1.14 bits per heavy atom. The number of carbonyl (C=O) groups excluding carboxylic acids is 1. The minimum absolute atomic E-state index is 0.0648. The summed E-state index contributed by atoms with van der Waals surface area (Å²) < 4.78 is 5.51. The normalized spacial score (nSPS) is 15.0. The molecule has 0 saturated carbocycles. The van der Waals surface area contributed by atoms with Crippen molar-refractivity contribution in [3.8, 4) is 17.3 Å². The maximum absolute atomic E-state index is 11.9. The summed E-state index contributed by atoms with van der Waals surface area (Å²) in [6.07, 6.45) is 4.71. The molecule has 7 heteroatoms. The van der Waals surface area contributed by atoms with E-state index in [1.807, 2.05) is 36.4 Å². The summed E-state index contributed by atoms with van der Waals surface area (Å²) in [4.78, 5) is 27.4. The Labute approximate surface area is 162 Å². The SMILES string of the molecule is CN1C(=O)COc2ccc(Nc3nc(-c4ccccn4)nc4c3CCC4)cc21. The van der Waals surface area contributed by atoms with Crippen LogP contribution in [0.25, 0.3) is 11.5 Å². The minimum atomic E-state index is -0.0648. The van der Waals surface area contributed by atoms with Crippen molar-refractivity contribution >= 4 is 23.1 Å². The second-order valence-electron chi connectivity index (χ2n) is 6.94. The number of aryl methyl sites for hydroxylation is 1. The van der Waals surface area contributed by atoms with Crippen molar-refractivity contribution in [3.05, 3.63) is 53.9 Å². The maximum Gasteiger partial charge on any atom is 0.264 e. The molecule has 1 aromatic carbocycles. The lowest BCUT2D eigenvalue weighted by Crippen LogP contribution is -2.35. The monoisotopic (exact) mass is 373 g/mol. The Bertz CT molecular complexity index is 1070. The summed E-state index contributed by atoms with van der Waals surface area (Å²) in [6, 6.07) is 11.5. The molecule has 1 N–H and O–H groups in total. The first-order chi connectivity index (χ1) is 13.7. The van der Waals surface area contributed by atoms with E-state index in [0.717, 1.165) is 53.4 Å². The number of pyridine rings is 1. The molecule has 3 aromatic rings. The zero-order valence-corrected chi connectivity index (χ0v) is 15.5. The van der Waals surface area contributed by atoms with Gasteiger partial charge in [0.05, 0.1) is 5.69 Å². The van der Waals surface area contributed by atoms with Crippen LogP contribution in [0.2, 0.25) is 0 Å². The van der Waals surface area contributed by atoms with Gasteiger partial charge in [-0.05, 0) is 49.6 Å². The Hall–Kier alpha value is -3.48. The van der Waals surface area contributed by atoms with Crippen molar-refractivity contribution in [3.63, 3.8) is 0 Å². The van der Waals surface area contributed by atoms with E-state index >= 15 is 0 Å². The average Bonchev–Trinajstić information content (AvgIpc) is 3.21. The van der Waals surface area contributed by atoms with Gasteiger partial charge in [-0.25, -0.2) is 9.97 Å². The molecule has 0 unspecified atom stereocenters. The number of nitrogens with one attached hydrogen (secondary N) is 1. The molecule has 0 bridgehead atoms. The van der Waals surface area contributed by atoms with Crippen LogP contribution in [0.4, 0.5) is 17.2 Å². The average molecular weight is 373 g/mol. The molecule has 0 radical (unpaired) electrons. The third kappa shape index (κ3) is 2.85. The zero-order valence-electron chi connectivity index (χ0n) is 15.5. The van der Waals surface area contributed by atoms with Gasteiger partial charge in [0.2, 0.25) is 0 Å². The lowest BCUT2D eigenvalue weighted by atomic mass is 10.2. The number of ether oxygens (including phenoxy) is 1. The first kappa shape index (κ1) is 16.7. The van der Waals surface area contributed by atoms with Crippen molar-refractivity contribution < 1.29 is 9.53 Å². The summed E-state index contributed by atoms with van der Waals surface area (Å²) in [5, 5.41) is 3.43. The minimum Gasteiger partial charge on any atom is -0.482 e. The predicted octanol–water partition coefficient (Wildman–Crippen LogP) is 3.13. The molecule has 0 saturated heterocycles. The van der Waals surface area contributed by atoms with Crippen molar-refractivity contribution in [2.45, 2.75) is 19.3 Å². The standard InChI is InChI=1S/C21H19N5O2/c1-26-17-11-13(8-9-18(17)28-12-19(26)27)23-20-14-5-4-7-15(14)24-21(25-20)16-6-2-3-10-22-16/h2-3,6,8-11H,4-5,7,12H2,1H3,(H,23,24,25). The number of aromatic nitrogens is 3. The van der Waals surface area contributed by atoms with Crippen LogP contribution in [0.3, 0.4) is 0 Å². The number of nitrogens with zero attached hydrogens (tertiary/aromatic N) is 4. The van der Waals surface area contributed by atoms with E-state index in [0.29, 0.717) is 11.6 Å². The van der Waals surface area contributed by atoms with Gasteiger partial charge in [-0.1, -0.05) is 6.07 Å². The quantitative estimate of drug-likeness (QED) is 0.760. The van der Waals surface area contributed by atoms with Gasteiger partial charge in [-0.2, -0.15) is 0 Å². The van der Waals surface area contributed by atoms with Gasteiger partial charge in [0.25, 0.3) is 5.91 Å². The van der Waals surface area contributed by atoms with E-state index in [2.05, 4.69) is 10.3 Å². The first-order valence-corrected chi connectivity index (χ1v) is 9.30. The second-order valence-corrected chi connectivity index (χ2v) is 6.94. The molecule has 1 aliphatic heterocycles. The number of benzene rings is 1. The number of amides is 1. The Morgan fingerprint density at radius 3 is 2.93 bits per heavy atom. The number of carbonyl (C=O) groups is 1. The number of likely N-dealkylation sites (N-methyl/N-ethyl adjacent to an activating group) is 1. The van der Waals surface area contributed by atoms with Gasteiger partial charge in [0, 0.05) is 30.2 Å². The van der Waals surface area contributed by atoms with Gasteiger partial charge >= 0.3 is 0 Å². The fourth-order valence-electron chi connectivity index (χ4n) is 3.63. The highest BCUT2D eigenvalue weighted by Crippen LogP contribution is 2.36. The number of hydrogen-bond acceptors (Lipinski definition) is 6. The molecule has 0 fully saturated rings. The molecule has 0 atom stereocenters. The van der Waals surface area contributed by atoms with Crippen molar-refractivity contribution in [2.75, 3.05) is 23.9 Å². The largest absolute Gasteiger partial charge is 0.482 e. The lowest BCUT2D eigenvalue weighted by molar-refractivity contribution is -0.120. The molecule has 28 heavy (non-hydrogen) atoms. The summed E-state index contributed by atoms with van der Waals surface area (Å²) in [5.41, 5.74) is 4.58. The Morgan fingerprint density at radius 2 is 2.07 bits per heavy atom. The van der Waals surface area contributed by atoms with E-state index in [1.165, 1.54) is 0 Å². The smallest absolute Gasteiger partial charge is 0.264 e. The molecule has 140 valence electrons. The molecule has 1 aliphatic carbocycles. The molecule has 2 aliphatic rings. The van der Waals surface area contributed by atoms with Gasteiger partial charge < -0.3 is 15.0 Å². The fourth-order valence-corrected chi connectivity index (χ4v) is 3.63. The topological polar surface area (TPSA) is 80.2 Å². The third-order valence-corrected chi connectivity index (χ3v) is 5.14. The van der Waals surface area contributed by atoms with E-state index in [9.17, 15) is 4.79 Å². The van der Waals surface area contributed by atoms with E-state index < -0.39 is 0 Å². The third-order valence-electron chi connectivity index (χ3n) is 5.14. The number of anilines is 3. The van der Waals surface area contributed by atoms with E-state index in [4.69, 9.17) is 14.7 Å². The van der Waals surface area contributed by atoms with Crippen LogP contribution in [0.15, 0.2) is 42.6 Å². The fraction of sp³-hybridized carbons (Fsp3) is 0.238. The molecule has 3 heterocycles. The van der Waals surface area contributed by atoms with E-state index in [1.54, 1.807) is 18.1 Å². The van der Waals surface area contributed by atoms with Crippen LogP contribution in [-0.2, 0) is 17.6 Å². The Balaban J connectivity index is 1.54. The van der Waals surface area contributed by atoms with Crippen LogP contribution >= 0.6 is 0 Å². The van der Waals surface area contributed by atoms with Crippen LogP contribution in [0.1, 0.15) is 17.7 Å². The molecule has 2 aromatic heterocycles. The van der Waals surface area contributed by atoms with Crippen LogP contribution in [-0.4, -0.2) is 34.5 Å². The van der Waals surface area contributed by atoms with E-state index in [-0.39, 0.29) is 12.5 Å². The van der Waals surface area contributed by atoms with Crippen molar-refractivity contribution in [1.82, 2.24) is 15.0 Å². The number of fused-ring (bicyclic) bond motifs is 2. The second kappa shape index (κ2) is 6.60. The molecule has 1 amide bonds. The molecular weight excluding hydrogens is 354 g/mol. The summed E-state index contributed by atoms with van der Waals surface area (Å²) in [5.74, 6) is 2.06. The van der Waals surface area contributed by atoms with Gasteiger partial charge in [-0.3, -0.25) is 9.78 Å². The number of hydrogen-bond donors (Lipinski definition) is 1. The lowest BCUT2D eigenvalue weighted by Gasteiger charge is -2.26. The van der Waals surface area contributed by atoms with Gasteiger partial charge in [-0.15, -0.1) is 0 Å².